The summed E-state index contributed by atoms with van der Waals surface area (Å²) in [5.41, 5.74) is -0.0269. The van der Waals surface area contributed by atoms with Gasteiger partial charge in [0.1, 0.15) is 5.69 Å². The number of hydrogen-bond donors (Lipinski definition) is 1. The number of amides is 1. The van der Waals surface area contributed by atoms with Crippen LogP contribution in [0.4, 0.5) is 5.95 Å². The van der Waals surface area contributed by atoms with Gasteiger partial charge in [-0.2, -0.15) is 0 Å². The molecule has 3 aliphatic rings. The van der Waals surface area contributed by atoms with Crippen LogP contribution in [0.2, 0.25) is 0 Å². The van der Waals surface area contributed by atoms with Crippen molar-refractivity contribution in [2.75, 3.05) is 24.5 Å². The fraction of sp³-hybridized carbons (Fsp3) is 0.438. The van der Waals surface area contributed by atoms with Crippen LogP contribution in [-0.4, -0.2) is 56.4 Å². The number of fused-ring (bicyclic) bond motifs is 4. The van der Waals surface area contributed by atoms with E-state index < -0.39 is 0 Å². The van der Waals surface area contributed by atoms with Crippen molar-refractivity contribution in [1.29, 1.82) is 0 Å². The van der Waals surface area contributed by atoms with E-state index in [1.165, 1.54) is 6.20 Å². The normalized spacial score (nSPS) is 23.2. The molecule has 0 aromatic carbocycles. The highest BCUT2D eigenvalue weighted by Crippen LogP contribution is 2.30. The van der Waals surface area contributed by atoms with E-state index in [2.05, 4.69) is 24.8 Å². The van der Waals surface area contributed by atoms with Gasteiger partial charge in [0.05, 0.1) is 6.20 Å². The third-order valence-electron chi connectivity index (χ3n) is 4.70. The van der Waals surface area contributed by atoms with E-state index in [0.717, 1.165) is 32.1 Å². The topological polar surface area (TPSA) is 95.1 Å². The van der Waals surface area contributed by atoms with E-state index >= 15 is 0 Å². The largest absolute Gasteiger partial charge is 0.338 e. The molecule has 0 saturated carbocycles. The Morgan fingerprint density at radius 2 is 1.96 bits per heavy atom. The average molecular weight is 326 g/mol. The lowest BCUT2D eigenvalue weighted by Gasteiger charge is -2.35. The maximum absolute atomic E-state index is 12.8. The van der Waals surface area contributed by atoms with E-state index in [4.69, 9.17) is 0 Å². The molecule has 0 unspecified atom stereocenters. The van der Waals surface area contributed by atoms with Crippen molar-refractivity contribution < 1.29 is 4.79 Å². The zero-order chi connectivity index (χ0) is 16.5. The van der Waals surface area contributed by atoms with Crippen molar-refractivity contribution in [2.24, 2.45) is 5.92 Å². The van der Waals surface area contributed by atoms with Crippen LogP contribution in [-0.2, 0) is 0 Å². The molecule has 1 amide bonds. The standard InChI is InChI=1S/C16H18N6O2/c23-14-7-19-13(6-20-14)15(24)22-9-11-2-3-12(22)10-21(8-11)16-17-4-1-5-18-16/h1,4-7,11-12H,2-3,8-10H2,(H,20,23)/t11-,12+/m0/s1. The zero-order valence-electron chi connectivity index (χ0n) is 13.1. The Morgan fingerprint density at radius 3 is 2.71 bits per heavy atom. The summed E-state index contributed by atoms with van der Waals surface area (Å²) in [5.74, 6) is 0.974. The zero-order valence-corrected chi connectivity index (χ0v) is 13.1. The second-order valence-corrected chi connectivity index (χ2v) is 6.30. The van der Waals surface area contributed by atoms with Gasteiger partial charge in [0, 0.05) is 44.3 Å². The molecule has 1 N–H and O–H groups in total. The molecule has 124 valence electrons. The maximum Gasteiger partial charge on any atom is 0.274 e. The summed E-state index contributed by atoms with van der Waals surface area (Å²) < 4.78 is 0. The highest BCUT2D eigenvalue weighted by atomic mass is 16.2. The monoisotopic (exact) mass is 326 g/mol. The van der Waals surface area contributed by atoms with Crippen LogP contribution in [0.25, 0.3) is 0 Å². The summed E-state index contributed by atoms with van der Waals surface area (Å²) >= 11 is 0. The summed E-state index contributed by atoms with van der Waals surface area (Å²) in [5, 5.41) is 0. The number of aromatic nitrogens is 4. The molecule has 8 heteroatoms. The van der Waals surface area contributed by atoms with Crippen LogP contribution in [0.1, 0.15) is 23.3 Å². The van der Waals surface area contributed by atoms with E-state index in [1.54, 1.807) is 18.5 Å². The summed E-state index contributed by atoms with van der Waals surface area (Å²) in [6, 6.07) is 1.90. The Hall–Kier alpha value is -2.77. The second kappa shape index (κ2) is 6.03. The number of anilines is 1. The van der Waals surface area contributed by atoms with Crippen LogP contribution in [0.3, 0.4) is 0 Å². The Balaban J connectivity index is 1.57. The van der Waals surface area contributed by atoms with Gasteiger partial charge in [-0.05, 0) is 24.8 Å². The van der Waals surface area contributed by atoms with E-state index in [-0.39, 0.29) is 23.2 Å². The van der Waals surface area contributed by atoms with Gasteiger partial charge in [-0.3, -0.25) is 9.59 Å². The molecule has 0 spiro atoms. The number of carbonyl (C=O) groups excluding carboxylic acids is 1. The number of nitrogens with zero attached hydrogens (tertiary/aromatic N) is 5. The molecule has 8 nitrogen and oxygen atoms in total. The lowest BCUT2D eigenvalue weighted by Crippen LogP contribution is -2.47. The highest BCUT2D eigenvalue weighted by Gasteiger charge is 2.38. The summed E-state index contributed by atoms with van der Waals surface area (Å²) in [6.07, 6.45) is 8.07. The van der Waals surface area contributed by atoms with Crippen LogP contribution in [0, 0.1) is 5.92 Å². The Labute approximate surface area is 138 Å². The average Bonchev–Trinajstić information content (AvgIpc) is 2.94. The first-order chi connectivity index (χ1) is 11.7. The van der Waals surface area contributed by atoms with Crippen molar-refractivity contribution in [1.82, 2.24) is 24.8 Å². The number of carbonyl (C=O) groups is 1. The lowest BCUT2D eigenvalue weighted by atomic mass is 9.95. The molecule has 2 bridgehead atoms. The second-order valence-electron chi connectivity index (χ2n) is 6.30. The molecule has 3 saturated heterocycles. The first-order valence-corrected chi connectivity index (χ1v) is 8.08. The summed E-state index contributed by atoms with van der Waals surface area (Å²) in [4.78, 5) is 43.1. The van der Waals surface area contributed by atoms with Crippen molar-refractivity contribution in [3.8, 4) is 0 Å². The molecule has 2 aromatic rings. The molecular formula is C16H18N6O2. The summed E-state index contributed by atoms with van der Waals surface area (Å²) in [7, 11) is 0. The third kappa shape index (κ3) is 2.75. The number of H-pyrrole nitrogens is 1. The highest BCUT2D eigenvalue weighted by molar-refractivity contribution is 5.92. The maximum atomic E-state index is 12.8. The number of piperidine rings is 1. The molecule has 0 aliphatic carbocycles. The van der Waals surface area contributed by atoms with Gasteiger partial charge in [0.15, 0.2) is 0 Å². The molecule has 2 atom stereocenters. The van der Waals surface area contributed by atoms with Gasteiger partial charge < -0.3 is 14.8 Å². The smallest absolute Gasteiger partial charge is 0.274 e. The predicted molar refractivity (Wildman–Crippen MR) is 86.7 cm³/mol. The fourth-order valence-corrected chi connectivity index (χ4v) is 3.55. The molecule has 24 heavy (non-hydrogen) atoms. The first kappa shape index (κ1) is 14.8. The van der Waals surface area contributed by atoms with Crippen molar-refractivity contribution in [3.63, 3.8) is 0 Å². The Kier molecular flexibility index (Phi) is 3.72. The molecule has 3 aliphatic heterocycles. The molecule has 0 radical (unpaired) electrons. The SMILES string of the molecule is O=C(c1c[nH]c(=O)cn1)N1C[C@H]2CC[C@@H]1CN(c1ncccn1)C2. The molecule has 3 fully saturated rings. The number of aromatic amines is 1. The van der Waals surface area contributed by atoms with Crippen molar-refractivity contribution >= 4 is 11.9 Å². The van der Waals surface area contributed by atoms with Crippen molar-refractivity contribution in [3.05, 3.63) is 46.9 Å². The van der Waals surface area contributed by atoms with Gasteiger partial charge in [0.2, 0.25) is 5.95 Å². The minimum atomic E-state index is -0.309. The predicted octanol–water partition coefficient (Wildman–Crippen LogP) is 0.301. The van der Waals surface area contributed by atoms with Crippen LogP contribution in [0.5, 0.6) is 0 Å². The van der Waals surface area contributed by atoms with Gasteiger partial charge in [0.25, 0.3) is 11.5 Å². The van der Waals surface area contributed by atoms with Gasteiger partial charge >= 0.3 is 0 Å². The van der Waals surface area contributed by atoms with Crippen molar-refractivity contribution in [2.45, 2.75) is 18.9 Å². The van der Waals surface area contributed by atoms with Crippen LogP contribution >= 0.6 is 0 Å². The Bertz CT molecular complexity index is 772. The van der Waals surface area contributed by atoms with Gasteiger partial charge in [-0.1, -0.05) is 0 Å². The van der Waals surface area contributed by atoms with Crippen LogP contribution in [0.15, 0.2) is 35.6 Å². The fourth-order valence-electron chi connectivity index (χ4n) is 3.55. The molecule has 2 aromatic heterocycles. The minimum Gasteiger partial charge on any atom is -0.338 e. The Morgan fingerprint density at radius 1 is 1.12 bits per heavy atom. The third-order valence-corrected chi connectivity index (χ3v) is 4.70. The lowest BCUT2D eigenvalue weighted by molar-refractivity contribution is 0.0585. The minimum absolute atomic E-state index is 0.105. The van der Waals surface area contributed by atoms with E-state index in [9.17, 15) is 9.59 Å². The molecule has 5 rings (SSSR count). The van der Waals surface area contributed by atoms with E-state index in [0.29, 0.717) is 18.4 Å². The van der Waals surface area contributed by atoms with Gasteiger partial charge in [-0.25, -0.2) is 15.0 Å². The van der Waals surface area contributed by atoms with Crippen LogP contribution < -0.4 is 10.5 Å². The quantitative estimate of drug-likeness (QED) is 0.853. The number of nitrogens with one attached hydrogen (secondary N) is 1. The first-order valence-electron chi connectivity index (χ1n) is 8.08. The number of hydrogen-bond acceptors (Lipinski definition) is 6. The van der Waals surface area contributed by atoms with Gasteiger partial charge in [-0.15, -0.1) is 0 Å². The summed E-state index contributed by atoms with van der Waals surface area (Å²) in [6.45, 7) is 2.27. The molecule has 5 heterocycles. The van der Waals surface area contributed by atoms with E-state index in [1.807, 2.05) is 4.90 Å². The number of rotatable bonds is 2. The molecular weight excluding hydrogens is 308 g/mol.